The van der Waals surface area contributed by atoms with E-state index in [1.165, 1.54) is 0 Å². The van der Waals surface area contributed by atoms with Gasteiger partial charge in [0.25, 0.3) is 0 Å². The molecule has 1 fully saturated rings. The van der Waals surface area contributed by atoms with Gasteiger partial charge in [-0.15, -0.1) is 0 Å². The van der Waals surface area contributed by atoms with Gasteiger partial charge >= 0.3 is 0 Å². The molecular formula is C11H17N5O2. The second-order valence-electron chi connectivity index (χ2n) is 4.39. The van der Waals surface area contributed by atoms with Crippen molar-refractivity contribution in [2.24, 2.45) is 5.73 Å². The summed E-state index contributed by atoms with van der Waals surface area (Å²) in [6, 6.07) is 1.83. The molecule has 2 heterocycles. The number of ether oxygens (including phenoxy) is 1. The van der Waals surface area contributed by atoms with Crippen molar-refractivity contribution in [3.63, 3.8) is 0 Å². The van der Waals surface area contributed by atoms with Crippen molar-refractivity contribution in [1.82, 2.24) is 9.97 Å². The van der Waals surface area contributed by atoms with Crippen LogP contribution < -0.4 is 16.4 Å². The van der Waals surface area contributed by atoms with Crippen LogP contribution in [0.2, 0.25) is 0 Å². The van der Waals surface area contributed by atoms with Crippen LogP contribution in [-0.4, -0.2) is 42.7 Å². The summed E-state index contributed by atoms with van der Waals surface area (Å²) in [7, 11) is 1.74. The lowest BCUT2D eigenvalue weighted by Crippen LogP contribution is -2.31. The number of aromatic nitrogens is 2. The number of nitrogens with zero attached hydrogens (tertiary/aromatic N) is 3. The Morgan fingerprint density at radius 1 is 1.61 bits per heavy atom. The Morgan fingerprint density at radius 2 is 2.39 bits per heavy atom. The normalized spacial score (nSPS) is 18.8. The number of primary amides is 1. The smallest absolute Gasteiger partial charge is 0.236 e. The van der Waals surface area contributed by atoms with E-state index in [0.717, 1.165) is 18.7 Å². The van der Waals surface area contributed by atoms with Crippen LogP contribution in [0.1, 0.15) is 18.0 Å². The van der Waals surface area contributed by atoms with Gasteiger partial charge in [-0.25, -0.2) is 4.98 Å². The zero-order chi connectivity index (χ0) is 13.1. The van der Waals surface area contributed by atoms with Gasteiger partial charge in [-0.05, 0) is 6.42 Å². The summed E-state index contributed by atoms with van der Waals surface area (Å²) in [6.07, 6.45) is 0.926. The van der Waals surface area contributed by atoms with E-state index < -0.39 is 5.91 Å². The molecule has 1 saturated heterocycles. The van der Waals surface area contributed by atoms with E-state index in [2.05, 4.69) is 9.97 Å². The first-order valence-corrected chi connectivity index (χ1v) is 5.78. The third-order valence-electron chi connectivity index (χ3n) is 2.88. The summed E-state index contributed by atoms with van der Waals surface area (Å²) < 4.78 is 5.33. The van der Waals surface area contributed by atoms with E-state index in [1.807, 2.05) is 6.07 Å². The third kappa shape index (κ3) is 2.86. The number of hydrogen-bond donors (Lipinski definition) is 2. The van der Waals surface area contributed by atoms with Crippen LogP contribution in [0.4, 0.5) is 11.8 Å². The average Bonchev–Trinajstić information content (AvgIpc) is 2.80. The van der Waals surface area contributed by atoms with Crippen LogP contribution in [0, 0.1) is 0 Å². The molecular weight excluding hydrogens is 234 g/mol. The van der Waals surface area contributed by atoms with Gasteiger partial charge in [0.05, 0.1) is 18.8 Å². The van der Waals surface area contributed by atoms with Crippen molar-refractivity contribution in [3.8, 4) is 0 Å². The molecule has 1 atom stereocenters. The van der Waals surface area contributed by atoms with Crippen LogP contribution in [0.15, 0.2) is 6.07 Å². The molecule has 0 saturated carbocycles. The van der Waals surface area contributed by atoms with Gasteiger partial charge < -0.3 is 21.1 Å². The molecule has 2 rings (SSSR count). The molecule has 18 heavy (non-hydrogen) atoms. The van der Waals surface area contributed by atoms with Crippen molar-refractivity contribution in [2.45, 2.75) is 12.3 Å². The first-order chi connectivity index (χ1) is 8.56. The maximum Gasteiger partial charge on any atom is 0.236 e. The van der Waals surface area contributed by atoms with Gasteiger partial charge in [0.1, 0.15) is 5.82 Å². The zero-order valence-corrected chi connectivity index (χ0v) is 10.3. The maximum absolute atomic E-state index is 10.9. The Hall–Kier alpha value is -1.89. The number of hydrogen-bond acceptors (Lipinski definition) is 6. The number of anilines is 2. The SMILES string of the molecule is CN(CC(N)=O)c1cc([C@H]2CCOC2)nc(N)n1. The first kappa shape index (κ1) is 12.6. The predicted octanol–water partition coefficient (Wildman–Crippen LogP) is -0.516. The molecule has 1 aromatic rings. The Kier molecular flexibility index (Phi) is 3.61. The fraction of sp³-hybridized carbons (Fsp3) is 0.545. The molecule has 0 unspecified atom stereocenters. The van der Waals surface area contributed by atoms with Crippen LogP contribution in [-0.2, 0) is 9.53 Å². The summed E-state index contributed by atoms with van der Waals surface area (Å²) in [4.78, 5) is 20.9. The molecule has 7 nitrogen and oxygen atoms in total. The molecule has 4 N–H and O–H groups in total. The van der Waals surface area contributed by atoms with Gasteiger partial charge in [0, 0.05) is 25.6 Å². The Morgan fingerprint density at radius 3 is 3.00 bits per heavy atom. The van der Waals surface area contributed by atoms with Gasteiger partial charge in [-0.3, -0.25) is 4.79 Å². The topological polar surface area (TPSA) is 107 Å². The number of rotatable bonds is 4. The molecule has 7 heteroatoms. The summed E-state index contributed by atoms with van der Waals surface area (Å²) in [5, 5.41) is 0. The highest BCUT2D eigenvalue weighted by molar-refractivity contribution is 5.79. The molecule has 0 bridgehead atoms. The van der Waals surface area contributed by atoms with Crippen molar-refractivity contribution >= 4 is 17.7 Å². The van der Waals surface area contributed by atoms with E-state index in [-0.39, 0.29) is 18.4 Å². The highest BCUT2D eigenvalue weighted by Gasteiger charge is 2.21. The van der Waals surface area contributed by atoms with Crippen molar-refractivity contribution in [1.29, 1.82) is 0 Å². The third-order valence-corrected chi connectivity index (χ3v) is 2.88. The Bertz CT molecular complexity index is 445. The minimum absolute atomic E-state index is 0.0943. The highest BCUT2D eigenvalue weighted by Crippen LogP contribution is 2.26. The van der Waals surface area contributed by atoms with Crippen LogP contribution in [0.25, 0.3) is 0 Å². The van der Waals surface area contributed by atoms with Gasteiger partial charge in [0.15, 0.2) is 0 Å². The summed E-state index contributed by atoms with van der Waals surface area (Å²) in [5.41, 5.74) is 11.7. The lowest BCUT2D eigenvalue weighted by atomic mass is 10.0. The zero-order valence-electron chi connectivity index (χ0n) is 10.3. The minimum Gasteiger partial charge on any atom is -0.381 e. The average molecular weight is 251 g/mol. The van der Waals surface area contributed by atoms with Crippen LogP contribution >= 0.6 is 0 Å². The van der Waals surface area contributed by atoms with Gasteiger partial charge in [-0.1, -0.05) is 0 Å². The second kappa shape index (κ2) is 5.18. The summed E-state index contributed by atoms with van der Waals surface area (Å²) in [6.45, 7) is 1.48. The number of likely N-dealkylation sites (N-methyl/N-ethyl adjacent to an activating group) is 1. The molecule has 0 aromatic carbocycles. The van der Waals surface area contributed by atoms with Gasteiger partial charge in [-0.2, -0.15) is 4.98 Å². The predicted molar refractivity (Wildman–Crippen MR) is 67.1 cm³/mol. The molecule has 1 aliphatic heterocycles. The standard InChI is InChI=1S/C11H17N5O2/c1-16(5-9(12)17)10-4-8(14-11(13)15-10)7-2-3-18-6-7/h4,7H,2-3,5-6H2,1H3,(H2,12,17)(H2,13,14,15)/t7-/m0/s1. The quantitative estimate of drug-likeness (QED) is 0.746. The summed E-state index contributed by atoms with van der Waals surface area (Å²) in [5.74, 6) is 0.630. The lowest BCUT2D eigenvalue weighted by Gasteiger charge is -2.18. The maximum atomic E-state index is 10.9. The number of nitrogens with two attached hydrogens (primary N) is 2. The number of carbonyl (C=O) groups excluding carboxylic acids is 1. The number of nitrogen functional groups attached to an aromatic ring is 1. The van der Waals surface area contributed by atoms with Crippen LogP contribution in [0.5, 0.6) is 0 Å². The lowest BCUT2D eigenvalue weighted by molar-refractivity contribution is -0.116. The van der Waals surface area contributed by atoms with E-state index >= 15 is 0 Å². The fourth-order valence-electron chi connectivity index (χ4n) is 1.96. The molecule has 1 aromatic heterocycles. The van der Waals surface area contributed by atoms with Crippen molar-refractivity contribution in [3.05, 3.63) is 11.8 Å². The van der Waals surface area contributed by atoms with Crippen molar-refractivity contribution < 1.29 is 9.53 Å². The fourth-order valence-corrected chi connectivity index (χ4v) is 1.96. The molecule has 0 aliphatic carbocycles. The second-order valence-corrected chi connectivity index (χ2v) is 4.39. The number of amides is 1. The Balaban J connectivity index is 2.22. The molecule has 98 valence electrons. The van der Waals surface area contributed by atoms with Crippen molar-refractivity contribution in [2.75, 3.05) is 37.4 Å². The summed E-state index contributed by atoms with van der Waals surface area (Å²) >= 11 is 0. The number of carbonyl (C=O) groups is 1. The van der Waals surface area contributed by atoms with Gasteiger partial charge in [0.2, 0.25) is 11.9 Å². The molecule has 0 radical (unpaired) electrons. The molecule has 0 spiro atoms. The molecule has 1 amide bonds. The molecule has 1 aliphatic rings. The largest absolute Gasteiger partial charge is 0.381 e. The minimum atomic E-state index is -0.416. The van der Waals surface area contributed by atoms with E-state index in [1.54, 1.807) is 11.9 Å². The van der Waals surface area contributed by atoms with E-state index in [0.29, 0.717) is 12.4 Å². The first-order valence-electron chi connectivity index (χ1n) is 5.78. The Labute approximate surface area is 105 Å². The van der Waals surface area contributed by atoms with E-state index in [9.17, 15) is 4.79 Å². The van der Waals surface area contributed by atoms with E-state index in [4.69, 9.17) is 16.2 Å². The highest BCUT2D eigenvalue weighted by atomic mass is 16.5. The van der Waals surface area contributed by atoms with Crippen LogP contribution in [0.3, 0.4) is 0 Å². The monoisotopic (exact) mass is 251 g/mol.